The first-order chi connectivity index (χ1) is 17.0. The quantitative estimate of drug-likeness (QED) is 0.452. The zero-order valence-corrected chi connectivity index (χ0v) is 21.2. The highest BCUT2D eigenvalue weighted by Crippen LogP contribution is 2.26. The molecule has 3 aromatic rings. The SMILES string of the molecule is Cc1ccc(C(C)N(CC=C(c2ccccc2)c2ccccc2)CC(=O)N2CCN(C)CC2)cc1. The van der Waals surface area contributed by atoms with Gasteiger partial charge in [-0.1, -0.05) is 96.6 Å². The number of amides is 1. The molecule has 4 heteroatoms. The van der Waals surface area contributed by atoms with Crippen LogP contribution in [0.2, 0.25) is 0 Å². The molecule has 1 atom stereocenters. The number of benzene rings is 3. The lowest BCUT2D eigenvalue weighted by atomic mass is 9.97. The summed E-state index contributed by atoms with van der Waals surface area (Å²) in [4.78, 5) is 19.9. The average molecular weight is 468 g/mol. The van der Waals surface area contributed by atoms with Gasteiger partial charge in [-0.25, -0.2) is 0 Å². The minimum absolute atomic E-state index is 0.121. The molecule has 1 aliphatic heterocycles. The first kappa shape index (κ1) is 24.9. The predicted molar refractivity (Wildman–Crippen MR) is 145 cm³/mol. The fraction of sp³-hybridized carbons (Fsp3) is 0.323. The van der Waals surface area contributed by atoms with Crippen LogP contribution in [-0.4, -0.2) is 66.9 Å². The Morgan fingerprint density at radius 2 is 1.40 bits per heavy atom. The smallest absolute Gasteiger partial charge is 0.236 e. The number of likely N-dealkylation sites (N-methyl/N-ethyl adjacent to an activating group) is 1. The Morgan fingerprint density at radius 3 is 1.94 bits per heavy atom. The number of aryl methyl sites for hydroxylation is 1. The lowest BCUT2D eigenvalue weighted by Gasteiger charge is -2.35. The molecule has 4 rings (SSSR count). The van der Waals surface area contributed by atoms with E-state index < -0.39 is 0 Å². The zero-order valence-electron chi connectivity index (χ0n) is 21.2. The van der Waals surface area contributed by atoms with Gasteiger partial charge in [-0.05, 0) is 43.2 Å². The molecule has 1 saturated heterocycles. The van der Waals surface area contributed by atoms with E-state index in [4.69, 9.17) is 0 Å². The Balaban J connectivity index is 1.61. The molecule has 0 saturated carbocycles. The van der Waals surface area contributed by atoms with Gasteiger partial charge in [-0.15, -0.1) is 0 Å². The number of hydrogen-bond donors (Lipinski definition) is 0. The van der Waals surface area contributed by atoms with Gasteiger partial charge in [0, 0.05) is 38.8 Å². The van der Waals surface area contributed by atoms with Crippen molar-refractivity contribution in [2.24, 2.45) is 0 Å². The molecule has 1 amide bonds. The van der Waals surface area contributed by atoms with Gasteiger partial charge in [0.15, 0.2) is 0 Å². The van der Waals surface area contributed by atoms with E-state index in [9.17, 15) is 4.79 Å². The molecular weight excluding hydrogens is 430 g/mol. The number of nitrogens with zero attached hydrogens (tertiary/aromatic N) is 3. The van der Waals surface area contributed by atoms with Gasteiger partial charge in [0.25, 0.3) is 0 Å². The van der Waals surface area contributed by atoms with Gasteiger partial charge in [-0.3, -0.25) is 9.69 Å². The standard InChI is InChI=1S/C31H37N3O/c1-25-14-16-27(17-15-25)26(2)34(24-31(35)33-22-20-32(3)21-23-33)19-18-30(28-10-6-4-7-11-28)29-12-8-5-9-13-29/h4-18,26H,19-24H2,1-3H3. The molecule has 1 aliphatic rings. The predicted octanol–water partition coefficient (Wildman–Crippen LogP) is 5.26. The second-order valence-electron chi connectivity index (χ2n) is 9.55. The second-order valence-corrected chi connectivity index (χ2v) is 9.55. The Labute approximate surface area is 210 Å². The summed E-state index contributed by atoms with van der Waals surface area (Å²) in [6.45, 7) is 8.89. The van der Waals surface area contributed by atoms with Crippen LogP contribution in [0.1, 0.15) is 35.2 Å². The minimum atomic E-state index is 0.121. The highest BCUT2D eigenvalue weighted by Gasteiger charge is 2.24. The van der Waals surface area contributed by atoms with E-state index in [0.717, 1.165) is 26.2 Å². The largest absolute Gasteiger partial charge is 0.339 e. The molecule has 4 nitrogen and oxygen atoms in total. The van der Waals surface area contributed by atoms with Gasteiger partial charge < -0.3 is 9.80 Å². The molecule has 35 heavy (non-hydrogen) atoms. The fourth-order valence-electron chi connectivity index (χ4n) is 4.59. The molecule has 182 valence electrons. The number of piperazine rings is 1. The van der Waals surface area contributed by atoms with Crippen LogP contribution in [0, 0.1) is 6.92 Å². The molecule has 0 N–H and O–H groups in total. The van der Waals surface area contributed by atoms with E-state index in [2.05, 4.69) is 110 Å². The highest BCUT2D eigenvalue weighted by atomic mass is 16.2. The van der Waals surface area contributed by atoms with Crippen LogP contribution in [0.4, 0.5) is 0 Å². The molecule has 0 aliphatic carbocycles. The highest BCUT2D eigenvalue weighted by molar-refractivity contribution is 5.80. The van der Waals surface area contributed by atoms with Crippen molar-refractivity contribution in [3.63, 3.8) is 0 Å². The van der Waals surface area contributed by atoms with Crippen molar-refractivity contribution in [1.29, 1.82) is 0 Å². The monoisotopic (exact) mass is 467 g/mol. The van der Waals surface area contributed by atoms with E-state index in [1.807, 2.05) is 17.0 Å². The molecule has 3 aromatic carbocycles. The molecule has 1 fully saturated rings. The fourth-order valence-corrected chi connectivity index (χ4v) is 4.59. The normalized spacial score (nSPS) is 15.1. The van der Waals surface area contributed by atoms with Crippen LogP contribution in [0.25, 0.3) is 5.57 Å². The summed E-state index contributed by atoms with van der Waals surface area (Å²) in [5, 5.41) is 0. The molecule has 1 unspecified atom stereocenters. The minimum Gasteiger partial charge on any atom is -0.339 e. The van der Waals surface area contributed by atoms with Crippen LogP contribution in [0.5, 0.6) is 0 Å². The third-order valence-corrected chi connectivity index (χ3v) is 7.00. The first-order valence-corrected chi connectivity index (χ1v) is 12.6. The zero-order chi connectivity index (χ0) is 24.6. The maximum atomic E-state index is 13.3. The topological polar surface area (TPSA) is 26.8 Å². The van der Waals surface area contributed by atoms with Gasteiger partial charge in [0.2, 0.25) is 5.91 Å². The van der Waals surface area contributed by atoms with Gasteiger partial charge in [-0.2, -0.15) is 0 Å². The lowest BCUT2D eigenvalue weighted by Crippen LogP contribution is -2.50. The van der Waals surface area contributed by atoms with Crippen molar-refractivity contribution in [2.45, 2.75) is 19.9 Å². The number of carbonyl (C=O) groups is 1. The summed E-state index contributed by atoms with van der Waals surface area (Å²) >= 11 is 0. The van der Waals surface area contributed by atoms with Crippen LogP contribution in [0.15, 0.2) is 91.0 Å². The maximum Gasteiger partial charge on any atom is 0.236 e. The Bertz CT molecular complexity index is 1060. The summed E-state index contributed by atoms with van der Waals surface area (Å²) in [5.41, 5.74) is 6.05. The molecule has 1 heterocycles. The number of rotatable bonds is 8. The molecular formula is C31H37N3O. The van der Waals surface area contributed by atoms with Gasteiger partial charge in [0.05, 0.1) is 6.54 Å². The van der Waals surface area contributed by atoms with Crippen molar-refractivity contribution in [1.82, 2.24) is 14.7 Å². The number of carbonyl (C=O) groups excluding carboxylic acids is 1. The van der Waals surface area contributed by atoms with Crippen LogP contribution in [-0.2, 0) is 4.79 Å². The van der Waals surface area contributed by atoms with Crippen molar-refractivity contribution >= 4 is 11.5 Å². The van der Waals surface area contributed by atoms with Crippen molar-refractivity contribution < 1.29 is 4.79 Å². The second kappa shape index (κ2) is 12.0. The molecule has 0 aromatic heterocycles. The summed E-state index contributed by atoms with van der Waals surface area (Å²) in [7, 11) is 2.12. The van der Waals surface area contributed by atoms with Gasteiger partial charge in [0.1, 0.15) is 0 Å². The summed E-state index contributed by atoms with van der Waals surface area (Å²) in [6, 6.07) is 29.8. The Morgan fingerprint density at radius 1 is 0.857 bits per heavy atom. The van der Waals surface area contributed by atoms with Crippen molar-refractivity contribution in [3.8, 4) is 0 Å². The van der Waals surface area contributed by atoms with Crippen LogP contribution < -0.4 is 0 Å². The van der Waals surface area contributed by atoms with E-state index in [1.165, 1.54) is 27.8 Å². The molecule has 0 spiro atoms. The Hall–Kier alpha value is -3.21. The van der Waals surface area contributed by atoms with E-state index in [0.29, 0.717) is 13.1 Å². The molecule has 0 bridgehead atoms. The lowest BCUT2D eigenvalue weighted by molar-refractivity contribution is -0.134. The van der Waals surface area contributed by atoms with Crippen molar-refractivity contribution in [3.05, 3.63) is 113 Å². The summed E-state index contributed by atoms with van der Waals surface area (Å²) in [5.74, 6) is 0.214. The Kier molecular flexibility index (Phi) is 8.51. The van der Waals surface area contributed by atoms with E-state index in [-0.39, 0.29) is 11.9 Å². The van der Waals surface area contributed by atoms with Crippen molar-refractivity contribution in [2.75, 3.05) is 46.3 Å². The van der Waals surface area contributed by atoms with Gasteiger partial charge >= 0.3 is 0 Å². The maximum absolute atomic E-state index is 13.3. The first-order valence-electron chi connectivity index (χ1n) is 12.6. The molecule has 0 radical (unpaired) electrons. The third kappa shape index (κ3) is 6.68. The van der Waals surface area contributed by atoms with Crippen LogP contribution in [0.3, 0.4) is 0 Å². The summed E-state index contributed by atoms with van der Waals surface area (Å²) < 4.78 is 0. The van der Waals surface area contributed by atoms with E-state index >= 15 is 0 Å². The average Bonchev–Trinajstić information content (AvgIpc) is 2.90. The van der Waals surface area contributed by atoms with E-state index in [1.54, 1.807) is 0 Å². The summed E-state index contributed by atoms with van der Waals surface area (Å²) in [6.07, 6.45) is 2.28. The number of hydrogen-bond acceptors (Lipinski definition) is 3. The van der Waals surface area contributed by atoms with Crippen LogP contribution >= 0.6 is 0 Å². The third-order valence-electron chi connectivity index (χ3n) is 7.00.